The topological polar surface area (TPSA) is 64.4 Å². The predicted octanol–water partition coefficient (Wildman–Crippen LogP) is 0.167. The van der Waals surface area contributed by atoms with Gasteiger partial charge in [0.2, 0.25) is 0 Å². The van der Waals surface area contributed by atoms with Crippen LogP contribution in [0.25, 0.3) is 0 Å². The number of nitrogens with zero attached hydrogens (tertiary/aromatic N) is 3. The Labute approximate surface area is 84.0 Å². The number of amides is 3. The normalized spacial score (nSPS) is 22.4. The summed E-state index contributed by atoms with van der Waals surface area (Å²) in [5.74, 6) is -0.267. The Morgan fingerprint density at radius 2 is 2.23 bits per heavy atom. The fourth-order valence-electron chi connectivity index (χ4n) is 1.18. The van der Waals surface area contributed by atoms with Crippen molar-refractivity contribution in [2.24, 2.45) is 0 Å². The first-order chi connectivity index (χ1) is 6.13. The van der Waals surface area contributed by atoms with Crippen LogP contribution < -0.4 is 0 Å². The first kappa shape index (κ1) is 9.99. The summed E-state index contributed by atoms with van der Waals surface area (Å²) in [6, 6.07) is 0.914. The summed E-state index contributed by atoms with van der Waals surface area (Å²) < 4.78 is 0. The number of likely N-dealkylation sites (N-methyl/N-ethyl adjacent to an activating group) is 1. The molecule has 13 heavy (non-hydrogen) atoms. The van der Waals surface area contributed by atoms with Gasteiger partial charge in [-0.2, -0.15) is 5.26 Å². The highest BCUT2D eigenvalue weighted by Crippen LogP contribution is 2.16. The third-order valence-electron chi connectivity index (χ3n) is 1.91. The van der Waals surface area contributed by atoms with Crippen LogP contribution in [0.15, 0.2) is 0 Å². The average molecular weight is 246 g/mol. The number of nitriles is 1. The third-order valence-corrected chi connectivity index (χ3v) is 2.53. The molecule has 0 radical (unpaired) electrons. The zero-order valence-electron chi connectivity index (χ0n) is 7.03. The molecule has 1 unspecified atom stereocenters. The van der Waals surface area contributed by atoms with E-state index in [1.54, 1.807) is 0 Å². The van der Waals surface area contributed by atoms with Crippen LogP contribution in [0, 0.1) is 11.3 Å². The lowest BCUT2D eigenvalue weighted by Gasteiger charge is -2.15. The molecule has 0 bridgehead atoms. The van der Waals surface area contributed by atoms with Crippen molar-refractivity contribution in [1.82, 2.24) is 9.80 Å². The molecule has 1 heterocycles. The van der Waals surface area contributed by atoms with Crippen molar-refractivity contribution in [3.05, 3.63) is 0 Å². The van der Waals surface area contributed by atoms with Gasteiger partial charge in [0.05, 0.1) is 6.07 Å². The Morgan fingerprint density at radius 3 is 2.69 bits per heavy atom. The lowest BCUT2D eigenvalue weighted by atomic mass is 10.3. The Bertz CT molecular complexity index is 286. The van der Waals surface area contributed by atoms with Crippen LogP contribution in [0.3, 0.4) is 0 Å². The number of hydrogen-bond donors (Lipinski definition) is 0. The Morgan fingerprint density at radius 1 is 1.62 bits per heavy atom. The van der Waals surface area contributed by atoms with Crippen molar-refractivity contribution in [2.75, 3.05) is 18.9 Å². The molecule has 1 atom stereocenters. The van der Waals surface area contributed by atoms with Gasteiger partial charge < -0.3 is 0 Å². The Balaban J connectivity index is 2.88. The molecule has 1 fully saturated rings. The number of carbonyl (C=O) groups is 2. The van der Waals surface area contributed by atoms with Gasteiger partial charge in [-0.1, -0.05) is 15.9 Å². The predicted molar refractivity (Wildman–Crippen MR) is 48.1 cm³/mol. The van der Waals surface area contributed by atoms with Gasteiger partial charge in [0, 0.05) is 12.4 Å². The lowest BCUT2D eigenvalue weighted by Crippen LogP contribution is -2.36. The molecule has 1 aliphatic heterocycles. The molecule has 5 nitrogen and oxygen atoms in total. The highest BCUT2D eigenvalue weighted by atomic mass is 79.9. The van der Waals surface area contributed by atoms with Gasteiger partial charge in [0.1, 0.15) is 12.6 Å². The number of hydrogen-bond acceptors (Lipinski definition) is 3. The quantitative estimate of drug-likeness (QED) is 0.396. The zero-order valence-corrected chi connectivity index (χ0v) is 8.61. The maximum Gasteiger partial charge on any atom is 0.328 e. The summed E-state index contributed by atoms with van der Waals surface area (Å²) in [5, 5.41) is 8.81. The average Bonchev–Trinajstić information content (AvgIpc) is 2.32. The zero-order chi connectivity index (χ0) is 10.0. The fraction of sp³-hybridized carbons (Fsp3) is 0.571. The summed E-state index contributed by atoms with van der Waals surface area (Å²) >= 11 is 3.13. The van der Waals surface area contributed by atoms with Crippen LogP contribution in [0.2, 0.25) is 0 Å². The van der Waals surface area contributed by atoms with E-state index in [1.165, 1.54) is 11.9 Å². The smallest absolute Gasteiger partial charge is 0.298 e. The SMILES string of the molecule is CN1C(=O)C(CBr)N(CC#N)C1=O. The molecule has 1 saturated heterocycles. The van der Waals surface area contributed by atoms with E-state index < -0.39 is 12.1 Å². The van der Waals surface area contributed by atoms with Crippen molar-refractivity contribution in [3.8, 4) is 6.07 Å². The molecule has 0 aromatic carbocycles. The van der Waals surface area contributed by atoms with Crippen molar-refractivity contribution in [2.45, 2.75) is 6.04 Å². The lowest BCUT2D eigenvalue weighted by molar-refractivity contribution is -0.126. The van der Waals surface area contributed by atoms with Gasteiger partial charge in [0.25, 0.3) is 5.91 Å². The van der Waals surface area contributed by atoms with E-state index in [4.69, 9.17) is 5.26 Å². The minimum Gasteiger partial charge on any atom is -0.298 e. The minimum absolute atomic E-state index is 0.0504. The molecular weight excluding hydrogens is 238 g/mol. The van der Waals surface area contributed by atoms with Crippen molar-refractivity contribution in [3.63, 3.8) is 0 Å². The molecule has 0 aromatic heterocycles. The molecule has 0 saturated carbocycles. The van der Waals surface area contributed by atoms with Gasteiger partial charge in [-0.05, 0) is 0 Å². The van der Waals surface area contributed by atoms with Crippen molar-refractivity contribution < 1.29 is 9.59 Å². The van der Waals surface area contributed by atoms with E-state index in [1.807, 2.05) is 6.07 Å². The fourth-order valence-corrected chi connectivity index (χ4v) is 1.81. The van der Waals surface area contributed by atoms with Crippen molar-refractivity contribution >= 4 is 27.9 Å². The second-order valence-corrected chi connectivity index (χ2v) is 3.28. The van der Waals surface area contributed by atoms with E-state index >= 15 is 0 Å². The van der Waals surface area contributed by atoms with Gasteiger partial charge in [-0.25, -0.2) is 4.79 Å². The molecule has 70 valence electrons. The summed E-state index contributed by atoms with van der Waals surface area (Å²) in [6.07, 6.45) is 0. The Kier molecular flexibility index (Phi) is 2.88. The molecule has 0 N–H and O–H groups in total. The van der Waals surface area contributed by atoms with Crippen LogP contribution in [0.5, 0.6) is 0 Å². The van der Waals surface area contributed by atoms with E-state index in [0.29, 0.717) is 5.33 Å². The first-order valence-electron chi connectivity index (χ1n) is 3.64. The number of alkyl halides is 1. The summed E-state index contributed by atoms with van der Waals surface area (Å²) in [7, 11) is 1.41. The summed E-state index contributed by atoms with van der Waals surface area (Å²) in [6.45, 7) is -0.0504. The maximum absolute atomic E-state index is 11.4. The van der Waals surface area contributed by atoms with E-state index in [-0.39, 0.29) is 12.5 Å². The van der Waals surface area contributed by atoms with E-state index in [2.05, 4.69) is 15.9 Å². The summed E-state index contributed by atoms with van der Waals surface area (Å²) in [4.78, 5) is 25.0. The largest absolute Gasteiger partial charge is 0.328 e. The third kappa shape index (κ3) is 1.52. The molecular formula is C7H8BrN3O2. The minimum atomic E-state index is -0.530. The van der Waals surface area contributed by atoms with Crippen molar-refractivity contribution in [1.29, 1.82) is 5.26 Å². The van der Waals surface area contributed by atoms with Crippen LogP contribution in [0.4, 0.5) is 4.79 Å². The van der Waals surface area contributed by atoms with Crippen LogP contribution in [-0.2, 0) is 4.79 Å². The van der Waals surface area contributed by atoms with Gasteiger partial charge in [-0.3, -0.25) is 14.6 Å². The number of carbonyl (C=O) groups excluding carboxylic acids is 2. The molecule has 1 aliphatic rings. The van der Waals surface area contributed by atoms with Gasteiger partial charge in [-0.15, -0.1) is 0 Å². The summed E-state index contributed by atoms with van der Waals surface area (Å²) in [5.41, 5.74) is 0. The first-order valence-corrected chi connectivity index (χ1v) is 4.76. The molecule has 3 amide bonds. The van der Waals surface area contributed by atoms with Crippen LogP contribution in [-0.4, -0.2) is 46.7 Å². The van der Waals surface area contributed by atoms with Gasteiger partial charge >= 0.3 is 6.03 Å². The second-order valence-electron chi connectivity index (χ2n) is 2.64. The second kappa shape index (κ2) is 3.75. The molecule has 0 spiro atoms. The molecule has 0 aromatic rings. The highest BCUT2D eigenvalue weighted by Gasteiger charge is 2.41. The standard InChI is InChI=1S/C7H8BrN3O2/c1-10-6(12)5(4-8)11(3-2-9)7(10)13/h5H,3-4H2,1H3. The number of imide groups is 1. The maximum atomic E-state index is 11.4. The Hall–Kier alpha value is -1.09. The van der Waals surface area contributed by atoms with Crippen LogP contribution >= 0.6 is 15.9 Å². The van der Waals surface area contributed by atoms with Gasteiger partial charge in [0.15, 0.2) is 0 Å². The highest BCUT2D eigenvalue weighted by molar-refractivity contribution is 9.09. The molecule has 6 heteroatoms. The number of halogens is 1. The molecule has 0 aliphatic carbocycles. The van der Waals surface area contributed by atoms with Crippen LogP contribution in [0.1, 0.15) is 0 Å². The number of rotatable bonds is 2. The number of urea groups is 1. The molecule has 1 rings (SSSR count). The van der Waals surface area contributed by atoms with E-state index in [0.717, 1.165) is 4.90 Å². The monoisotopic (exact) mass is 245 g/mol. The van der Waals surface area contributed by atoms with E-state index in [9.17, 15) is 9.59 Å².